The van der Waals surface area contributed by atoms with E-state index in [1.807, 2.05) is 0 Å². The highest BCUT2D eigenvalue weighted by Gasteiger charge is 2.19. The normalized spacial score (nSPS) is 11.3. The highest BCUT2D eigenvalue weighted by molar-refractivity contribution is 5.96. The van der Waals surface area contributed by atoms with E-state index in [9.17, 15) is 28.7 Å². The molecule has 0 saturated carbocycles. The van der Waals surface area contributed by atoms with Crippen LogP contribution in [0.5, 0.6) is 0 Å². The maximum atomic E-state index is 12.6. The first kappa shape index (κ1) is 27.7. The molecule has 0 bridgehead atoms. The lowest BCUT2D eigenvalue weighted by Gasteiger charge is -2.15. The number of carbonyl (C=O) groups is 3. The Hall–Kier alpha value is -4.84. The zero-order valence-electron chi connectivity index (χ0n) is 20.8. The van der Waals surface area contributed by atoms with Gasteiger partial charge in [-0.25, -0.2) is 23.5 Å². The van der Waals surface area contributed by atoms with Crippen molar-refractivity contribution in [3.63, 3.8) is 0 Å². The highest BCUT2D eigenvalue weighted by Crippen LogP contribution is 2.15. The summed E-state index contributed by atoms with van der Waals surface area (Å²) >= 11 is 0. The van der Waals surface area contributed by atoms with E-state index in [-0.39, 0.29) is 22.9 Å². The Labute approximate surface area is 216 Å². The SMILES string of the molecule is COC(=O)c1ccc([C@H](C)NC(=O)c2cc(C(=O)O)n3[nH]c(=O)cc3n2)cc1.Cc1cc(CN)ccc1F. The van der Waals surface area contributed by atoms with Crippen LogP contribution in [0, 0.1) is 12.7 Å². The molecule has 12 heteroatoms. The van der Waals surface area contributed by atoms with E-state index in [1.54, 1.807) is 50.2 Å². The number of aromatic nitrogens is 3. The molecule has 0 aliphatic rings. The first-order valence-corrected chi connectivity index (χ1v) is 11.3. The largest absolute Gasteiger partial charge is 0.477 e. The number of ether oxygens (including phenoxy) is 1. The minimum Gasteiger partial charge on any atom is -0.477 e. The number of aromatic amines is 1. The Morgan fingerprint density at radius 1 is 1.16 bits per heavy atom. The summed E-state index contributed by atoms with van der Waals surface area (Å²) in [5.41, 5.74) is 7.11. The number of nitrogens with zero attached hydrogens (tertiary/aromatic N) is 2. The average Bonchev–Trinajstić information content (AvgIpc) is 3.29. The number of H-pyrrole nitrogens is 1. The summed E-state index contributed by atoms with van der Waals surface area (Å²) in [6, 6.07) is 13.1. The van der Waals surface area contributed by atoms with Gasteiger partial charge in [-0.15, -0.1) is 0 Å². The van der Waals surface area contributed by atoms with Gasteiger partial charge in [-0.3, -0.25) is 14.7 Å². The van der Waals surface area contributed by atoms with Crippen molar-refractivity contribution in [2.75, 3.05) is 7.11 Å². The third kappa shape index (κ3) is 6.48. The van der Waals surface area contributed by atoms with Crippen LogP contribution in [0.4, 0.5) is 4.39 Å². The molecule has 2 aromatic carbocycles. The monoisotopic (exact) mass is 523 g/mol. The number of methoxy groups -OCH3 is 1. The summed E-state index contributed by atoms with van der Waals surface area (Å²) < 4.78 is 18.2. The van der Waals surface area contributed by atoms with Crippen LogP contribution in [-0.4, -0.2) is 44.7 Å². The molecule has 5 N–H and O–H groups in total. The average molecular weight is 524 g/mol. The van der Waals surface area contributed by atoms with Gasteiger partial charge >= 0.3 is 11.9 Å². The quantitative estimate of drug-likeness (QED) is 0.280. The van der Waals surface area contributed by atoms with Crippen LogP contribution in [0.3, 0.4) is 0 Å². The Kier molecular flexibility index (Phi) is 8.71. The molecular formula is C26H26FN5O6. The molecule has 38 heavy (non-hydrogen) atoms. The number of carboxylic acids is 1. The van der Waals surface area contributed by atoms with Gasteiger partial charge in [0.1, 0.15) is 11.5 Å². The number of nitrogens with two attached hydrogens (primary N) is 1. The van der Waals surface area contributed by atoms with Crippen molar-refractivity contribution in [2.45, 2.75) is 26.4 Å². The number of aryl methyl sites for hydroxylation is 1. The third-order valence-electron chi connectivity index (χ3n) is 5.55. The van der Waals surface area contributed by atoms with Gasteiger partial charge < -0.3 is 20.9 Å². The molecule has 1 atom stereocenters. The second kappa shape index (κ2) is 11.9. The summed E-state index contributed by atoms with van der Waals surface area (Å²) in [6.45, 7) is 3.93. The number of aromatic carboxylic acids is 1. The van der Waals surface area contributed by atoms with Crippen LogP contribution in [0.1, 0.15) is 61.0 Å². The lowest BCUT2D eigenvalue weighted by Crippen LogP contribution is -2.28. The van der Waals surface area contributed by atoms with Crippen molar-refractivity contribution >= 4 is 23.5 Å². The zero-order chi connectivity index (χ0) is 28.0. The lowest BCUT2D eigenvalue weighted by molar-refractivity contribution is 0.0599. The van der Waals surface area contributed by atoms with Gasteiger partial charge in [0.25, 0.3) is 11.5 Å². The first-order chi connectivity index (χ1) is 18.0. The molecule has 2 heterocycles. The van der Waals surface area contributed by atoms with E-state index < -0.39 is 29.4 Å². The van der Waals surface area contributed by atoms with Crippen LogP contribution >= 0.6 is 0 Å². The first-order valence-electron chi connectivity index (χ1n) is 11.3. The molecule has 0 radical (unpaired) electrons. The van der Waals surface area contributed by atoms with Crippen molar-refractivity contribution in [1.82, 2.24) is 19.9 Å². The summed E-state index contributed by atoms with van der Waals surface area (Å²) in [5, 5.41) is 14.3. The summed E-state index contributed by atoms with van der Waals surface area (Å²) in [4.78, 5) is 50.9. The molecule has 2 aromatic heterocycles. The van der Waals surface area contributed by atoms with E-state index in [0.29, 0.717) is 17.7 Å². The fourth-order valence-corrected chi connectivity index (χ4v) is 3.48. The van der Waals surface area contributed by atoms with Gasteiger partial charge in [-0.1, -0.05) is 24.3 Å². The lowest BCUT2D eigenvalue weighted by atomic mass is 10.1. The number of rotatable bonds is 6. The number of fused-ring (bicyclic) bond motifs is 1. The van der Waals surface area contributed by atoms with E-state index in [0.717, 1.165) is 27.8 Å². The van der Waals surface area contributed by atoms with Crippen LogP contribution in [0.2, 0.25) is 0 Å². The van der Waals surface area contributed by atoms with Gasteiger partial charge in [0.15, 0.2) is 11.3 Å². The predicted octanol–water partition coefficient (Wildman–Crippen LogP) is 2.59. The second-order valence-corrected chi connectivity index (χ2v) is 8.24. The number of hydrogen-bond donors (Lipinski definition) is 4. The van der Waals surface area contributed by atoms with Crippen LogP contribution < -0.4 is 16.6 Å². The smallest absolute Gasteiger partial charge is 0.354 e. The molecule has 198 valence electrons. The molecule has 0 fully saturated rings. The summed E-state index contributed by atoms with van der Waals surface area (Å²) in [5.74, 6) is -2.57. The van der Waals surface area contributed by atoms with Crippen molar-refractivity contribution in [3.05, 3.63) is 104 Å². The third-order valence-corrected chi connectivity index (χ3v) is 5.55. The van der Waals surface area contributed by atoms with Crippen LogP contribution in [-0.2, 0) is 11.3 Å². The van der Waals surface area contributed by atoms with Gasteiger partial charge in [0.05, 0.1) is 18.7 Å². The van der Waals surface area contributed by atoms with Crippen LogP contribution in [0.25, 0.3) is 5.65 Å². The van der Waals surface area contributed by atoms with Gasteiger partial charge in [-0.2, -0.15) is 0 Å². The molecule has 0 aliphatic carbocycles. The molecule has 11 nitrogen and oxygen atoms in total. The van der Waals surface area contributed by atoms with E-state index in [1.165, 1.54) is 13.2 Å². The fourth-order valence-electron chi connectivity index (χ4n) is 3.48. The standard InChI is InChI=1S/C18H16N4O6.C8H10FN/c1-9(10-3-5-11(6-4-10)18(27)28-2)19-16(24)12-7-13(17(25)26)22-14(20-12)8-15(23)21-22;1-6-4-7(5-10)2-3-8(6)9/h3-9H,1-2H3,(H,19,24)(H,21,23)(H,25,26);2-4H,5,10H2,1H3/t9-;/m0./s1. The fraction of sp³-hybridized carbons (Fsp3) is 0.192. The summed E-state index contributed by atoms with van der Waals surface area (Å²) in [6.07, 6.45) is 0. The number of carbonyl (C=O) groups excluding carboxylic acids is 2. The van der Waals surface area contributed by atoms with Crippen molar-refractivity contribution in [2.24, 2.45) is 5.73 Å². The zero-order valence-corrected chi connectivity index (χ0v) is 20.8. The molecule has 1 amide bonds. The van der Waals surface area contributed by atoms with Gasteiger partial charge in [0.2, 0.25) is 0 Å². The van der Waals surface area contributed by atoms with Crippen molar-refractivity contribution in [3.8, 4) is 0 Å². The minimum atomic E-state index is -1.32. The van der Waals surface area contributed by atoms with E-state index >= 15 is 0 Å². The highest BCUT2D eigenvalue weighted by atomic mass is 19.1. The van der Waals surface area contributed by atoms with Crippen molar-refractivity contribution in [1.29, 1.82) is 0 Å². The number of amides is 1. The minimum absolute atomic E-state index is 0.0186. The Morgan fingerprint density at radius 2 is 1.84 bits per heavy atom. The molecule has 0 saturated heterocycles. The summed E-state index contributed by atoms with van der Waals surface area (Å²) in [7, 11) is 1.28. The number of hydrogen-bond acceptors (Lipinski definition) is 7. The van der Waals surface area contributed by atoms with Gasteiger partial charge in [-0.05, 0) is 48.7 Å². The Morgan fingerprint density at radius 3 is 2.42 bits per heavy atom. The number of esters is 1. The van der Waals surface area contributed by atoms with Crippen molar-refractivity contribution < 1.29 is 28.6 Å². The molecule has 4 rings (SSSR count). The van der Waals surface area contributed by atoms with E-state index in [2.05, 4.69) is 20.1 Å². The Balaban J connectivity index is 0.000000336. The van der Waals surface area contributed by atoms with E-state index in [4.69, 9.17) is 5.73 Å². The maximum Gasteiger partial charge on any atom is 0.354 e. The molecule has 0 aliphatic heterocycles. The molecular weight excluding hydrogens is 497 g/mol. The Bertz CT molecular complexity index is 1540. The molecule has 0 spiro atoms. The number of benzene rings is 2. The second-order valence-electron chi connectivity index (χ2n) is 8.24. The predicted molar refractivity (Wildman–Crippen MR) is 135 cm³/mol. The number of nitrogens with one attached hydrogen (secondary N) is 2. The van der Waals surface area contributed by atoms with Crippen LogP contribution in [0.15, 0.2) is 59.4 Å². The van der Waals surface area contributed by atoms with Gasteiger partial charge in [0, 0.05) is 18.7 Å². The maximum absolute atomic E-state index is 12.6. The molecule has 4 aromatic rings. The topological polar surface area (TPSA) is 169 Å². The number of carboxylic acid groups (broad SMARTS) is 1. The molecule has 0 unspecified atom stereocenters. The number of halogens is 1.